The van der Waals surface area contributed by atoms with Gasteiger partial charge >= 0.3 is 91.4 Å². The van der Waals surface area contributed by atoms with Crippen LogP contribution in [-0.2, 0) is 11.0 Å². The molecule has 0 saturated heterocycles. The second-order valence-corrected chi connectivity index (χ2v) is 8.58. The molecule has 0 fully saturated rings. The van der Waals surface area contributed by atoms with Crippen LogP contribution in [0, 0.1) is 0 Å². The first-order valence-electron chi connectivity index (χ1n) is 4.72. The molecule has 15 heavy (non-hydrogen) atoms. The quantitative estimate of drug-likeness (QED) is 0.409. The van der Waals surface area contributed by atoms with Gasteiger partial charge in [0, 0.05) is 0 Å². The van der Waals surface area contributed by atoms with Crippen LogP contribution < -0.4 is 21.8 Å². The summed E-state index contributed by atoms with van der Waals surface area (Å²) in [5.41, 5.74) is 7.34. The van der Waals surface area contributed by atoms with Crippen molar-refractivity contribution in [2.45, 2.75) is 13.3 Å². The van der Waals surface area contributed by atoms with Gasteiger partial charge in [-0.3, -0.25) is 0 Å². The summed E-state index contributed by atoms with van der Waals surface area (Å²) in [6.07, 6.45) is 0.939. The van der Waals surface area contributed by atoms with Crippen molar-refractivity contribution < 1.29 is 8.98 Å². The van der Waals surface area contributed by atoms with E-state index in [1.165, 1.54) is 4.44 Å². The minimum absolute atomic E-state index is 0.160. The van der Waals surface area contributed by atoms with Crippen LogP contribution in [0.15, 0.2) is 4.42 Å². The molecule has 4 nitrogen and oxygen atoms in total. The van der Waals surface area contributed by atoms with E-state index < -0.39 is 7.14 Å². The third kappa shape index (κ3) is 0.749. The number of nitrogen functional groups attached to an aromatic ring is 1. The van der Waals surface area contributed by atoms with Crippen molar-refractivity contribution in [3.63, 3.8) is 0 Å². The van der Waals surface area contributed by atoms with Gasteiger partial charge in [-0.25, -0.2) is 0 Å². The molecule has 2 aromatic rings. The van der Waals surface area contributed by atoms with Crippen molar-refractivity contribution in [3.05, 3.63) is 4.44 Å². The van der Waals surface area contributed by atoms with E-state index in [9.17, 15) is 4.57 Å². The first kappa shape index (κ1) is 8.40. The Balaban J connectivity index is 1.95. The summed E-state index contributed by atoms with van der Waals surface area (Å²) in [5, 5.41) is 1.95. The van der Waals surface area contributed by atoms with Crippen LogP contribution in [-0.4, -0.2) is 19.5 Å². The second kappa shape index (κ2) is 2.17. The number of hydrogen-bond acceptors (Lipinski definition) is 4. The fourth-order valence-corrected chi connectivity index (χ4v) is 6.14. The molecule has 0 amide bonds. The Morgan fingerprint density at radius 1 is 1.53 bits per heavy atom. The molecule has 5 heterocycles. The predicted octanol–water partition coefficient (Wildman–Crippen LogP) is -0.191. The molecule has 0 saturated carbocycles. The molecule has 0 radical (unpaired) electrons. The van der Waals surface area contributed by atoms with E-state index in [4.69, 9.17) is 10.2 Å². The van der Waals surface area contributed by atoms with Crippen LogP contribution in [0.4, 0.5) is 4.69 Å². The molecule has 76 valence electrons. The Morgan fingerprint density at radius 2 is 2.27 bits per heavy atom. The van der Waals surface area contributed by atoms with Crippen molar-refractivity contribution in [2.24, 2.45) is 0 Å². The molecule has 0 aliphatic carbocycles. The second-order valence-electron chi connectivity index (χ2n) is 3.72. The van der Waals surface area contributed by atoms with Gasteiger partial charge in [-0.2, -0.15) is 0 Å². The van der Waals surface area contributed by atoms with E-state index in [0.29, 0.717) is 4.69 Å². The van der Waals surface area contributed by atoms with Crippen molar-refractivity contribution in [2.75, 3.05) is 5.73 Å². The predicted molar refractivity (Wildman–Crippen MR) is 59.2 cm³/mol. The Labute approximate surface area is 91.6 Å². The first-order valence-corrected chi connectivity index (χ1v) is 8.14. The summed E-state index contributed by atoms with van der Waals surface area (Å²) in [6, 6.07) is 0. The summed E-state index contributed by atoms with van der Waals surface area (Å²) in [5.74, 6) is 0.752. The van der Waals surface area contributed by atoms with Crippen LogP contribution in [0.1, 0.15) is 11.4 Å². The molecule has 2 N–H and O–H groups in total. The van der Waals surface area contributed by atoms with Gasteiger partial charge < -0.3 is 0 Å². The average Bonchev–Trinajstić information content (AvgIpc) is 2.79. The number of rotatable bonds is 2. The van der Waals surface area contributed by atoms with E-state index >= 15 is 0 Å². The van der Waals surface area contributed by atoms with Gasteiger partial charge in [0.05, 0.1) is 0 Å². The van der Waals surface area contributed by atoms with E-state index in [-0.39, 0.29) is 14.5 Å². The van der Waals surface area contributed by atoms with Crippen LogP contribution >= 0.6 is 7.14 Å². The zero-order valence-corrected chi connectivity index (χ0v) is 10.5. The molecule has 5 rings (SSSR count). The number of fused-ring (bicyclic) bond motifs is 1. The molecule has 2 aromatic heterocycles. The van der Waals surface area contributed by atoms with Crippen molar-refractivity contribution in [3.8, 4) is 11.5 Å². The third-order valence-corrected chi connectivity index (χ3v) is 7.62. The molecule has 3 aliphatic heterocycles. The van der Waals surface area contributed by atoms with Gasteiger partial charge in [0.25, 0.3) is 0 Å². The Morgan fingerprint density at radius 3 is 2.80 bits per heavy atom. The standard InChI is InChI=1S/C9H7N2O2PSe/c1-2-3-4(11-9(10)15-3)5-6-7-8(13-5)14(6,7)12/h2H2,1H3,(H2,10,11). The molecule has 2 bridgehead atoms. The zero-order valence-electron chi connectivity index (χ0n) is 7.90. The maximum absolute atomic E-state index is 11.8. The average molecular weight is 285 g/mol. The minimum atomic E-state index is -2.11. The van der Waals surface area contributed by atoms with Gasteiger partial charge in [0.15, 0.2) is 0 Å². The number of furan rings is 1. The molecule has 1 atom stereocenters. The number of nitrogens with zero attached hydrogens (tertiary/aromatic N) is 1. The molecule has 6 heteroatoms. The molecule has 1 unspecified atom stereocenters. The molecule has 0 aromatic carbocycles. The zero-order chi connectivity index (χ0) is 10.4. The van der Waals surface area contributed by atoms with Crippen LogP contribution in [0.3, 0.4) is 0 Å². The first-order chi connectivity index (χ1) is 7.17. The number of aromatic nitrogens is 1. The summed E-state index contributed by atoms with van der Waals surface area (Å²) in [4.78, 5) is 4.32. The van der Waals surface area contributed by atoms with Gasteiger partial charge in [0.1, 0.15) is 0 Å². The third-order valence-electron chi connectivity index (χ3n) is 2.91. The molecule has 3 aliphatic rings. The molecular weight excluding hydrogens is 278 g/mol. The summed E-state index contributed by atoms with van der Waals surface area (Å²) < 4.78 is 19.3. The van der Waals surface area contributed by atoms with Gasteiger partial charge in [-0.05, 0) is 0 Å². The Bertz CT molecular complexity index is 661. The topological polar surface area (TPSA) is 69.1 Å². The maximum atomic E-state index is 11.8. The Hall–Kier alpha value is -0.761. The van der Waals surface area contributed by atoms with Gasteiger partial charge in [0.2, 0.25) is 0 Å². The van der Waals surface area contributed by atoms with E-state index in [0.717, 1.165) is 34.0 Å². The fraction of sp³-hybridized carbons (Fsp3) is 0.222. The number of anilines is 1. The van der Waals surface area contributed by atoms with Crippen LogP contribution in [0.25, 0.3) is 11.5 Å². The number of nitrogens with two attached hydrogens (primary N) is 1. The van der Waals surface area contributed by atoms with E-state index in [1.807, 2.05) is 0 Å². The summed E-state index contributed by atoms with van der Waals surface area (Å²) in [6.45, 7) is 2.09. The molecular formula is C9H7N2O2PSe. The summed E-state index contributed by atoms with van der Waals surface area (Å²) in [7, 11) is -2.11. The van der Waals surface area contributed by atoms with Gasteiger partial charge in [-0.15, -0.1) is 0 Å². The SMILES string of the molecule is CCc1[se]c(N)nc1-c1oc2c3c1P23=O. The Kier molecular flexibility index (Phi) is 1.21. The fourth-order valence-electron chi connectivity index (χ4n) is 2.05. The monoisotopic (exact) mass is 286 g/mol. The van der Waals surface area contributed by atoms with Crippen molar-refractivity contribution in [1.29, 1.82) is 0 Å². The summed E-state index contributed by atoms with van der Waals surface area (Å²) >= 11 is 0.160. The van der Waals surface area contributed by atoms with E-state index in [2.05, 4.69) is 11.9 Å². The number of aryl methyl sites for hydroxylation is 1. The molecule has 0 spiro atoms. The van der Waals surface area contributed by atoms with Gasteiger partial charge in [-0.1, -0.05) is 0 Å². The van der Waals surface area contributed by atoms with Crippen molar-refractivity contribution in [1.82, 2.24) is 4.98 Å². The number of hydrogen-bond donors (Lipinski definition) is 1. The van der Waals surface area contributed by atoms with Crippen LogP contribution in [0.5, 0.6) is 0 Å². The van der Waals surface area contributed by atoms with Crippen molar-refractivity contribution >= 4 is 42.4 Å². The van der Waals surface area contributed by atoms with Crippen LogP contribution in [0.2, 0.25) is 0 Å². The van der Waals surface area contributed by atoms with E-state index in [1.54, 1.807) is 0 Å². The normalized spacial score (nSPS) is 24.1.